The van der Waals surface area contributed by atoms with Crippen molar-refractivity contribution >= 4 is 5.97 Å². The molecular formula is C38H63NO31. The van der Waals surface area contributed by atoms with E-state index in [0.29, 0.717) is 0 Å². The SMILES string of the molecule is NCC(=O)O[C@@H]1[C@@H](O)[C@H]2O[C@H]3[C@H](O)[C@@H](O)[C@@H](O[C@H]4[C@H](O)[C@@H](O)[C@@H](O[C@H]5[C@H](O)[C@@H](O)[C@@H](O[C@H]6[C@H](O)[C@@H](O)[C@@H](O[C@H]7[C@H](O)[C@@H](O)[C@@H](O[C@H]1[C@@H](CO)O2)O[C@@H]7CO)O[C@@H]6CO)O[C@@H]5CO)O[C@@H]4CO)O[C@@H]3CO. The highest BCUT2D eigenvalue weighted by molar-refractivity contribution is 5.71. The number of carbonyl (C=O) groups excluding carboxylic acids is 1. The fourth-order valence-corrected chi connectivity index (χ4v) is 9.25. The highest BCUT2D eigenvalue weighted by Gasteiger charge is 2.59. The number of hydrogen-bond acceptors (Lipinski definition) is 32. The summed E-state index contributed by atoms with van der Waals surface area (Å²) in [5.41, 5.74) is 5.46. The van der Waals surface area contributed by atoms with E-state index in [1.807, 2.05) is 0 Å². The van der Waals surface area contributed by atoms with E-state index in [0.717, 1.165) is 0 Å². The lowest BCUT2D eigenvalue weighted by atomic mass is 9.94. The van der Waals surface area contributed by atoms with Crippen molar-refractivity contribution in [1.82, 2.24) is 0 Å². The molecule has 0 aliphatic carbocycles. The maximum atomic E-state index is 12.6. The summed E-state index contributed by atoms with van der Waals surface area (Å²) in [6.07, 6.45) is -59.5. The number of aliphatic hydroxyl groups excluding tert-OH is 17. The van der Waals surface area contributed by atoms with Crippen LogP contribution < -0.4 is 5.73 Å². The molecule has 32 nitrogen and oxygen atoms in total. The summed E-state index contributed by atoms with van der Waals surface area (Å²) in [5, 5.41) is 186. The molecule has 0 spiro atoms. The molecular weight excluding hydrogens is 966 g/mol. The Bertz CT molecular complexity index is 1650. The minimum atomic E-state index is -2.21. The van der Waals surface area contributed by atoms with Crippen molar-refractivity contribution in [3.8, 4) is 0 Å². The van der Waals surface area contributed by atoms with E-state index >= 15 is 0 Å². The summed E-state index contributed by atoms with van der Waals surface area (Å²) in [5.74, 6) is -1.19. The number of aliphatic hydroxyl groups is 17. The van der Waals surface area contributed by atoms with E-state index < -0.39 is 236 Å². The van der Waals surface area contributed by atoms with Gasteiger partial charge in [-0.1, -0.05) is 0 Å². The number of carbonyl (C=O) groups is 1. The first-order valence-corrected chi connectivity index (χ1v) is 22.2. The summed E-state index contributed by atoms with van der Waals surface area (Å²) >= 11 is 0. The highest BCUT2D eigenvalue weighted by Crippen LogP contribution is 2.38. The molecule has 22 aliphatic rings. The summed E-state index contributed by atoms with van der Waals surface area (Å²) in [6, 6.07) is 0. The summed E-state index contributed by atoms with van der Waals surface area (Å²) in [6.45, 7) is -6.98. The fraction of sp³-hybridized carbons (Fsp3) is 0.974. The number of nitrogens with two attached hydrogens (primary N) is 1. The van der Waals surface area contributed by atoms with Gasteiger partial charge in [-0.25, -0.2) is 0 Å². The molecule has 22 aliphatic heterocycles. The quantitative estimate of drug-likeness (QED) is 0.100. The van der Waals surface area contributed by atoms with Crippen LogP contribution in [0.5, 0.6) is 0 Å². The van der Waals surface area contributed by atoms with Gasteiger partial charge in [-0.3, -0.25) is 4.79 Å². The lowest BCUT2D eigenvalue weighted by Crippen LogP contribution is -2.69. The monoisotopic (exact) mass is 1030 g/mol. The molecule has 0 radical (unpaired) electrons. The maximum absolute atomic E-state index is 12.6. The van der Waals surface area contributed by atoms with Crippen LogP contribution in [0.25, 0.3) is 0 Å². The molecule has 406 valence electrons. The molecule has 0 aromatic rings. The first kappa shape index (κ1) is 56.0. The normalized spacial score (nSPS) is 52.8. The lowest BCUT2D eigenvalue weighted by Gasteiger charge is -2.51. The van der Waals surface area contributed by atoms with E-state index in [1.165, 1.54) is 0 Å². The number of ether oxygens (including phenoxy) is 13. The van der Waals surface area contributed by atoms with Crippen molar-refractivity contribution < 1.29 is 153 Å². The number of esters is 1. The van der Waals surface area contributed by atoms with Gasteiger partial charge < -0.3 is 154 Å². The van der Waals surface area contributed by atoms with Crippen molar-refractivity contribution in [1.29, 1.82) is 0 Å². The van der Waals surface area contributed by atoms with Gasteiger partial charge in [0.15, 0.2) is 43.8 Å². The van der Waals surface area contributed by atoms with Crippen LogP contribution >= 0.6 is 0 Å². The molecule has 0 aromatic heterocycles. The van der Waals surface area contributed by atoms with Crippen LogP contribution in [0.2, 0.25) is 0 Å². The molecule has 0 saturated carbocycles. The van der Waals surface area contributed by atoms with Gasteiger partial charge in [0.05, 0.1) is 46.2 Å². The predicted molar refractivity (Wildman–Crippen MR) is 209 cm³/mol. The van der Waals surface area contributed by atoms with Gasteiger partial charge in [-0.2, -0.15) is 0 Å². The second kappa shape index (κ2) is 23.9. The van der Waals surface area contributed by atoms with Crippen molar-refractivity contribution in [2.45, 2.75) is 184 Å². The van der Waals surface area contributed by atoms with Crippen LogP contribution in [-0.2, 0) is 66.4 Å². The average Bonchev–Trinajstić information content (AvgIpc) is 3.35. The molecule has 22 rings (SSSR count). The second-order valence-corrected chi connectivity index (χ2v) is 17.5. The second-order valence-electron chi connectivity index (χ2n) is 17.5. The average molecular weight is 1030 g/mol. The molecule has 22 heterocycles. The molecule has 19 N–H and O–H groups in total. The van der Waals surface area contributed by atoms with E-state index in [9.17, 15) is 91.6 Å². The van der Waals surface area contributed by atoms with Crippen LogP contribution in [0, 0.1) is 0 Å². The predicted octanol–water partition coefficient (Wildman–Crippen LogP) is -13.5. The Morgan fingerprint density at radius 1 is 0.314 bits per heavy atom. The van der Waals surface area contributed by atoms with Crippen LogP contribution in [0.3, 0.4) is 0 Å². The largest absolute Gasteiger partial charge is 0.456 e. The van der Waals surface area contributed by atoms with Crippen molar-refractivity contribution in [2.75, 3.05) is 46.2 Å². The van der Waals surface area contributed by atoms with Gasteiger partial charge in [-0.15, -0.1) is 0 Å². The van der Waals surface area contributed by atoms with Crippen LogP contribution in [0.15, 0.2) is 0 Å². The molecule has 0 unspecified atom stereocenters. The van der Waals surface area contributed by atoms with E-state index in [1.54, 1.807) is 0 Å². The van der Waals surface area contributed by atoms with Gasteiger partial charge >= 0.3 is 5.97 Å². The Morgan fingerprint density at radius 3 is 0.729 bits per heavy atom. The molecule has 22 saturated heterocycles. The summed E-state index contributed by atoms with van der Waals surface area (Å²) in [4.78, 5) is 12.6. The lowest BCUT2D eigenvalue weighted by molar-refractivity contribution is -0.404. The zero-order chi connectivity index (χ0) is 51.0. The minimum Gasteiger partial charge on any atom is -0.456 e. The first-order chi connectivity index (χ1) is 33.4. The van der Waals surface area contributed by atoms with E-state index in [-0.39, 0.29) is 0 Å². The molecule has 0 amide bonds. The zero-order valence-corrected chi connectivity index (χ0v) is 36.7. The first-order valence-electron chi connectivity index (χ1n) is 22.2. The number of rotatable bonds is 8. The summed E-state index contributed by atoms with van der Waals surface area (Å²) < 4.78 is 73.9. The van der Waals surface area contributed by atoms with E-state index in [4.69, 9.17) is 67.3 Å². The molecule has 70 heavy (non-hydrogen) atoms. The smallest absolute Gasteiger partial charge is 0.320 e. The zero-order valence-electron chi connectivity index (χ0n) is 36.7. The Labute approximate surface area is 395 Å². The van der Waals surface area contributed by atoms with Crippen molar-refractivity contribution in [3.63, 3.8) is 0 Å². The highest BCUT2D eigenvalue weighted by atomic mass is 16.8. The summed E-state index contributed by atoms with van der Waals surface area (Å²) in [7, 11) is 0. The van der Waals surface area contributed by atoms with Gasteiger partial charge in [0.25, 0.3) is 0 Å². The molecule has 30 atom stereocenters. The molecule has 22 fully saturated rings. The third-order valence-electron chi connectivity index (χ3n) is 13.1. The van der Waals surface area contributed by atoms with Gasteiger partial charge in [0, 0.05) is 0 Å². The Morgan fingerprint density at radius 2 is 0.514 bits per heavy atom. The Balaban J connectivity index is 1.22. The molecule has 32 heteroatoms. The third-order valence-corrected chi connectivity index (χ3v) is 13.1. The van der Waals surface area contributed by atoms with Gasteiger partial charge in [-0.05, 0) is 0 Å². The Hall–Kier alpha value is -1.73. The number of hydrogen-bond donors (Lipinski definition) is 18. The van der Waals surface area contributed by atoms with Gasteiger partial charge in [0.2, 0.25) is 0 Å². The maximum Gasteiger partial charge on any atom is 0.320 e. The van der Waals surface area contributed by atoms with E-state index in [2.05, 4.69) is 0 Å². The standard InChI is InChI=1S/C38H63NO31/c39-1-14(46)64-32-25(57)38-63-13(7-45)31(32)70-37-24(56)19(51)29(11(5-43)62-37)68-35-22(54)17(49)27(9(3-41)60-35)66-33-20(52)15(47)26(8(2-40)58-33)65-34-21(53)16(48)28(10(4-42)59-34)67-36-23(55)18(50)30(69-38)12(6-44)61-36/h8-13,15-38,40-45,47-57H,1-7,39H2/t8-,9-,10-,11-,12-,13-,15-,16-,17-,18-,19-,20-,21-,22-,23-,24-,25-,26-,27-,28-,29-,30-,31+,32-,33-,34-,35-,36-,37-,38-/m1/s1. The van der Waals surface area contributed by atoms with Crippen LogP contribution in [-0.4, -0.2) is 323 Å². The third kappa shape index (κ3) is 11.0. The fourth-order valence-electron chi connectivity index (χ4n) is 9.25. The van der Waals surface area contributed by atoms with Crippen molar-refractivity contribution in [3.05, 3.63) is 0 Å². The Kier molecular flexibility index (Phi) is 19.1. The van der Waals surface area contributed by atoms with Gasteiger partial charge in [0.1, 0.15) is 140 Å². The molecule has 12 bridgehead atoms. The van der Waals surface area contributed by atoms with Crippen molar-refractivity contribution in [2.24, 2.45) is 5.73 Å². The minimum absolute atomic E-state index is 0.797. The van der Waals surface area contributed by atoms with Crippen LogP contribution in [0.4, 0.5) is 0 Å². The molecule has 0 aromatic carbocycles. The topological polar surface area (TPSA) is 507 Å². The van der Waals surface area contributed by atoms with Crippen LogP contribution in [0.1, 0.15) is 0 Å².